The third-order valence-electron chi connectivity index (χ3n) is 3.08. The fourth-order valence-corrected chi connectivity index (χ4v) is 1.16. The molecule has 0 bridgehead atoms. The van der Waals surface area contributed by atoms with Gasteiger partial charge in [0.15, 0.2) is 0 Å². The monoisotopic (exact) mass is 248 g/mol. The van der Waals surface area contributed by atoms with E-state index in [0.717, 1.165) is 5.46 Å². The second-order valence-corrected chi connectivity index (χ2v) is 6.66. The first-order valence-corrected chi connectivity index (χ1v) is 6.11. The fourth-order valence-electron chi connectivity index (χ4n) is 1.08. The lowest BCUT2D eigenvalue weighted by Crippen LogP contribution is -2.45. The molecule has 3 nitrogen and oxygen atoms in total. The summed E-state index contributed by atoms with van der Waals surface area (Å²) in [6.45, 7) is 8.34. The molecular weight excluding hydrogens is 230 g/mol. The Balaban J connectivity index is 2.71. The highest BCUT2D eigenvalue weighted by Crippen LogP contribution is 2.32. The molecule has 0 saturated heterocycles. The highest BCUT2D eigenvalue weighted by molar-refractivity contribution is 7.19. The Morgan fingerprint density at radius 2 is 2.00 bits per heavy atom. The molecule has 17 heavy (non-hydrogen) atoms. The van der Waals surface area contributed by atoms with Crippen molar-refractivity contribution in [3.05, 3.63) is 24.0 Å². The summed E-state index contributed by atoms with van der Waals surface area (Å²) in [5.74, 6) is 0. The minimum atomic E-state index is -0.264. The van der Waals surface area contributed by atoms with Gasteiger partial charge >= 0.3 is 7.48 Å². The zero-order valence-electron chi connectivity index (χ0n) is 10.8. The first-order chi connectivity index (χ1) is 7.76. The summed E-state index contributed by atoms with van der Waals surface area (Å²) in [4.78, 5) is 4.01. The number of nitriles is 1. The highest BCUT2D eigenvalue weighted by atomic mass is 31.0. The van der Waals surface area contributed by atoms with E-state index in [0.29, 0.717) is 13.0 Å². The zero-order valence-corrected chi connectivity index (χ0v) is 12.0. The number of nitrogens with zero attached hydrogens (tertiary/aromatic N) is 2. The average molecular weight is 248 g/mol. The van der Waals surface area contributed by atoms with Gasteiger partial charge in [-0.25, -0.2) is 0 Å². The van der Waals surface area contributed by atoms with Crippen LogP contribution in [0.2, 0.25) is 0 Å². The van der Waals surface area contributed by atoms with Gasteiger partial charge in [-0.15, -0.1) is 9.24 Å². The molecule has 0 N–H and O–H groups in total. The lowest BCUT2D eigenvalue weighted by molar-refractivity contribution is 0.0841. The third kappa shape index (κ3) is 3.80. The summed E-state index contributed by atoms with van der Waals surface area (Å²) in [6.07, 6.45) is 3.28. The maximum absolute atomic E-state index is 8.79. The van der Waals surface area contributed by atoms with Crippen molar-refractivity contribution in [3.63, 3.8) is 0 Å². The van der Waals surface area contributed by atoms with Crippen molar-refractivity contribution in [1.29, 1.82) is 5.26 Å². The van der Waals surface area contributed by atoms with Crippen molar-refractivity contribution in [2.75, 3.05) is 0 Å². The molecule has 0 aromatic carbocycles. The van der Waals surface area contributed by atoms with Crippen molar-refractivity contribution in [1.82, 2.24) is 4.98 Å². The van der Waals surface area contributed by atoms with E-state index in [-0.39, 0.29) is 10.8 Å². The van der Waals surface area contributed by atoms with E-state index >= 15 is 0 Å². The van der Waals surface area contributed by atoms with Crippen LogP contribution in [0.3, 0.4) is 0 Å². The Morgan fingerprint density at radius 1 is 1.35 bits per heavy atom. The molecule has 0 spiro atoms. The van der Waals surface area contributed by atoms with E-state index in [1.54, 1.807) is 18.5 Å². The average Bonchev–Trinajstić information content (AvgIpc) is 2.25. The summed E-state index contributed by atoms with van der Waals surface area (Å²) in [6, 6.07) is 3.88. The summed E-state index contributed by atoms with van der Waals surface area (Å²) in [5, 5.41) is 8.76. The maximum atomic E-state index is 8.79. The van der Waals surface area contributed by atoms with E-state index < -0.39 is 0 Å². The fraction of sp³-hybridized carbons (Fsp3) is 0.500. The molecule has 1 heterocycles. The number of pyridine rings is 1. The van der Waals surface area contributed by atoms with Crippen LogP contribution >= 0.6 is 9.24 Å². The summed E-state index contributed by atoms with van der Waals surface area (Å²) < 4.78 is 5.91. The molecule has 1 unspecified atom stereocenters. The van der Waals surface area contributed by atoms with Crippen molar-refractivity contribution < 1.29 is 4.65 Å². The van der Waals surface area contributed by atoms with Crippen LogP contribution in [0.15, 0.2) is 18.5 Å². The van der Waals surface area contributed by atoms with Gasteiger partial charge in [-0.3, -0.25) is 4.98 Å². The molecule has 0 amide bonds. The Labute approximate surface area is 106 Å². The minimum absolute atomic E-state index is 0.0206. The molecule has 90 valence electrons. The standard InChI is InChI=1S/C12H18BN2OP/c1-11(2,12(3,4)17)16-13-10-5-9(6-14)7-15-8-10/h5,7-8,13H,17H2,1-4H3. The smallest absolute Gasteiger partial charge is 0.310 e. The Morgan fingerprint density at radius 3 is 2.53 bits per heavy atom. The number of aromatic nitrogens is 1. The van der Waals surface area contributed by atoms with Gasteiger partial charge in [0.2, 0.25) is 0 Å². The molecule has 1 atom stereocenters. The Bertz CT molecular complexity index is 435. The quantitative estimate of drug-likeness (QED) is 0.597. The molecule has 1 aromatic rings. The first-order valence-electron chi connectivity index (χ1n) is 5.53. The van der Waals surface area contributed by atoms with Crippen LogP contribution in [-0.2, 0) is 4.65 Å². The Kier molecular flexibility index (Phi) is 4.30. The van der Waals surface area contributed by atoms with Crippen LogP contribution in [0, 0.1) is 11.3 Å². The molecule has 0 aliphatic rings. The normalized spacial score (nSPS) is 12.0. The van der Waals surface area contributed by atoms with Gasteiger partial charge in [0.05, 0.1) is 11.2 Å². The number of rotatable bonds is 4. The second kappa shape index (κ2) is 5.17. The molecule has 1 aromatic heterocycles. The molecule has 0 aliphatic carbocycles. The number of hydrogen-bond donors (Lipinski definition) is 0. The topological polar surface area (TPSA) is 45.9 Å². The summed E-state index contributed by atoms with van der Waals surface area (Å²) >= 11 is 0. The van der Waals surface area contributed by atoms with Gasteiger partial charge in [0.25, 0.3) is 0 Å². The number of hydrogen-bond acceptors (Lipinski definition) is 3. The molecule has 0 fully saturated rings. The van der Waals surface area contributed by atoms with Gasteiger partial charge < -0.3 is 4.65 Å². The lowest BCUT2D eigenvalue weighted by atomic mass is 9.84. The van der Waals surface area contributed by atoms with Crippen LogP contribution in [-0.4, -0.2) is 23.2 Å². The molecular formula is C12H18BN2OP. The predicted octanol–water partition coefficient (Wildman–Crippen LogP) is 1.38. The van der Waals surface area contributed by atoms with Crippen LogP contribution in [0.1, 0.15) is 33.3 Å². The predicted molar refractivity (Wildman–Crippen MR) is 74.7 cm³/mol. The molecule has 5 heteroatoms. The van der Waals surface area contributed by atoms with Crippen LogP contribution < -0.4 is 5.46 Å². The van der Waals surface area contributed by atoms with Gasteiger partial charge in [-0.05, 0) is 25.4 Å². The van der Waals surface area contributed by atoms with E-state index in [1.807, 2.05) is 0 Å². The first kappa shape index (κ1) is 14.2. The molecule has 0 radical (unpaired) electrons. The summed E-state index contributed by atoms with van der Waals surface area (Å²) in [7, 11) is 3.26. The van der Waals surface area contributed by atoms with Gasteiger partial charge in [0.1, 0.15) is 6.07 Å². The van der Waals surface area contributed by atoms with Gasteiger partial charge in [-0.1, -0.05) is 13.8 Å². The SMILES string of the molecule is CC(C)(P)C(C)(C)OBc1cncc(C#N)c1. The van der Waals surface area contributed by atoms with Crippen LogP contribution in [0.4, 0.5) is 0 Å². The maximum Gasteiger partial charge on any atom is 0.310 e. The minimum Gasteiger partial charge on any atom is -0.429 e. The van der Waals surface area contributed by atoms with E-state index in [1.165, 1.54) is 0 Å². The largest absolute Gasteiger partial charge is 0.429 e. The summed E-state index contributed by atoms with van der Waals surface area (Å²) in [5.41, 5.74) is 1.22. The second-order valence-electron chi connectivity index (χ2n) is 5.21. The molecule has 1 rings (SSSR count). The van der Waals surface area contributed by atoms with Gasteiger partial charge in [0, 0.05) is 17.5 Å². The molecule has 0 saturated carbocycles. The van der Waals surface area contributed by atoms with Crippen LogP contribution in [0.5, 0.6) is 0 Å². The molecule has 0 aliphatic heterocycles. The zero-order chi connectivity index (χ0) is 13.1. The third-order valence-corrected chi connectivity index (χ3v) is 3.77. The highest BCUT2D eigenvalue weighted by Gasteiger charge is 2.33. The van der Waals surface area contributed by atoms with Crippen molar-refractivity contribution in [2.24, 2.45) is 0 Å². The Hall–Kier alpha value is -0.905. The lowest BCUT2D eigenvalue weighted by Gasteiger charge is -2.39. The van der Waals surface area contributed by atoms with Gasteiger partial charge in [-0.2, -0.15) is 5.26 Å². The van der Waals surface area contributed by atoms with Crippen molar-refractivity contribution >= 4 is 22.2 Å². The van der Waals surface area contributed by atoms with Crippen molar-refractivity contribution in [3.8, 4) is 6.07 Å². The van der Waals surface area contributed by atoms with Crippen LogP contribution in [0.25, 0.3) is 0 Å². The van der Waals surface area contributed by atoms with E-state index in [4.69, 9.17) is 9.92 Å². The van der Waals surface area contributed by atoms with E-state index in [2.05, 4.69) is 48.0 Å². The van der Waals surface area contributed by atoms with E-state index in [9.17, 15) is 0 Å². The van der Waals surface area contributed by atoms with Crippen molar-refractivity contribution in [2.45, 2.75) is 38.5 Å².